The maximum atomic E-state index is 5.89. The van der Waals surface area contributed by atoms with Crippen molar-refractivity contribution in [3.8, 4) is 0 Å². The average molecular weight is 311 g/mol. The molecule has 3 heteroatoms. The highest BCUT2D eigenvalue weighted by molar-refractivity contribution is 5.63. The molecule has 0 bridgehead atoms. The Morgan fingerprint density at radius 3 is 2.26 bits per heavy atom. The number of hydrogen-bond acceptors (Lipinski definition) is 3. The Hall–Kier alpha value is -2.00. The molecule has 0 aliphatic carbocycles. The molecule has 0 spiro atoms. The molecule has 23 heavy (non-hydrogen) atoms. The van der Waals surface area contributed by atoms with Gasteiger partial charge in [0.15, 0.2) is 0 Å². The van der Waals surface area contributed by atoms with Gasteiger partial charge in [-0.05, 0) is 62.0 Å². The zero-order valence-electron chi connectivity index (χ0n) is 14.2. The molecule has 0 unspecified atom stereocenters. The number of nitrogen functional groups attached to an aromatic ring is 2. The van der Waals surface area contributed by atoms with E-state index >= 15 is 0 Å². The van der Waals surface area contributed by atoms with Gasteiger partial charge in [0.05, 0.1) is 11.4 Å². The molecule has 0 heterocycles. The van der Waals surface area contributed by atoms with Crippen molar-refractivity contribution in [1.29, 1.82) is 0 Å². The Morgan fingerprint density at radius 2 is 1.57 bits per heavy atom. The van der Waals surface area contributed by atoms with Crippen LogP contribution in [0.15, 0.2) is 48.5 Å². The first kappa shape index (κ1) is 17.4. The van der Waals surface area contributed by atoms with E-state index in [1.54, 1.807) is 0 Å². The van der Waals surface area contributed by atoms with E-state index in [0.29, 0.717) is 11.4 Å². The number of aryl methyl sites for hydroxylation is 1. The minimum absolute atomic E-state index is 0.669. The quantitative estimate of drug-likeness (QED) is 0.694. The fourth-order valence-corrected chi connectivity index (χ4v) is 2.87. The Morgan fingerprint density at radius 1 is 0.783 bits per heavy atom. The molecule has 0 amide bonds. The predicted molar refractivity (Wildman–Crippen MR) is 100 cm³/mol. The van der Waals surface area contributed by atoms with E-state index in [9.17, 15) is 0 Å². The topological polar surface area (TPSA) is 55.3 Å². The normalized spacial score (nSPS) is 11.0. The van der Waals surface area contributed by atoms with Crippen LogP contribution in [-0.2, 0) is 12.8 Å². The Labute approximate surface area is 140 Å². The highest BCUT2D eigenvalue weighted by atomic mass is 15.1. The van der Waals surface area contributed by atoms with Gasteiger partial charge in [-0.15, -0.1) is 0 Å². The lowest BCUT2D eigenvalue weighted by Gasteiger charge is -2.22. The van der Waals surface area contributed by atoms with E-state index in [4.69, 9.17) is 11.5 Å². The van der Waals surface area contributed by atoms with Crippen molar-refractivity contribution >= 4 is 11.4 Å². The molecule has 0 atom stereocenters. The summed E-state index contributed by atoms with van der Waals surface area (Å²) in [4.78, 5) is 2.55. The van der Waals surface area contributed by atoms with Crippen LogP contribution in [0, 0.1) is 0 Å². The summed E-state index contributed by atoms with van der Waals surface area (Å²) in [6.07, 6.45) is 4.56. The van der Waals surface area contributed by atoms with Crippen LogP contribution in [0.1, 0.15) is 30.9 Å². The van der Waals surface area contributed by atoms with Crippen molar-refractivity contribution in [3.63, 3.8) is 0 Å². The van der Waals surface area contributed by atoms with E-state index < -0.39 is 0 Å². The summed E-state index contributed by atoms with van der Waals surface area (Å²) in [5.41, 5.74) is 15.7. The summed E-state index contributed by atoms with van der Waals surface area (Å²) in [5.74, 6) is 0. The molecule has 0 aliphatic heterocycles. The van der Waals surface area contributed by atoms with Crippen molar-refractivity contribution in [3.05, 3.63) is 59.7 Å². The van der Waals surface area contributed by atoms with Gasteiger partial charge < -0.3 is 16.4 Å². The SMILES string of the molecule is CCCN(CCCc1ccccc1)CCc1ccc(N)c(N)c1. The Balaban J connectivity index is 1.79. The summed E-state index contributed by atoms with van der Waals surface area (Å²) < 4.78 is 0. The summed E-state index contributed by atoms with van der Waals surface area (Å²) in [5, 5.41) is 0. The number of hydrogen-bond donors (Lipinski definition) is 2. The van der Waals surface area contributed by atoms with Gasteiger partial charge in [-0.1, -0.05) is 43.3 Å². The summed E-state index contributed by atoms with van der Waals surface area (Å²) in [6.45, 7) is 5.61. The predicted octanol–water partition coefficient (Wildman–Crippen LogP) is 3.74. The lowest BCUT2D eigenvalue weighted by Crippen LogP contribution is -2.28. The molecule has 0 radical (unpaired) electrons. The average Bonchev–Trinajstić information content (AvgIpc) is 2.56. The molecule has 0 saturated heterocycles. The van der Waals surface area contributed by atoms with E-state index in [-0.39, 0.29) is 0 Å². The fraction of sp³-hybridized carbons (Fsp3) is 0.400. The molecule has 4 N–H and O–H groups in total. The van der Waals surface area contributed by atoms with Crippen molar-refractivity contribution in [2.24, 2.45) is 0 Å². The van der Waals surface area contributed by atoms with Crippen LogP contribution >= 0.6 is 0 Å². The van der Waals surface area contributed by atoms with Crippen molar-refractivity contribution in [2.75, 3.05) is 31.1 Å². The molecule has 0 fully saturated rings. The van der Waals surface area contributed by atoms with Gasteiger partial charge in [0.25, 0.3) is 0 Å². The van der Waals surface area contributed by atoms with Gasteiger partial charge in [-0.25, -0.2) is 0 Å². The lowest BCUT2D eigenvalue weighted by atomic mass is 10.1. The number of nitrogens with two attached hydrogens (primary N) is 2. The number of rotatable bonds is 9. The Kier molecular flexibility index (Phi) is 6.95. The van der Waals surface area contributed by atoms with E-state index in [1.165, 1.54) is 24.0 Å². The summed E-state index contributed by atoms with van der Waals surface area (Å²) >= 11 is 0. The van der Waals surface area contributed by atoms with Gasteiger partial charge in [0.2, 0.25) is 0 Å². The second kappa shape index (κ2) is 9.21. The third-order valence-electron chi connectivity index (χ3n) is 4.19. The monoisotopic (exact) mass is 311 g/mol. The molecule has 0 aliphatic rings. The van der Waals surface area contributed by atoms with Gasteiger partial charge in [-0.2, -0.15) is 0 Å². The molecule has 124 valence electrons. The molecule has 2 aromatic carbocycles. The molecule has 2 rings (SSSR count). The standard InChI is InChI=1S/C20H29N3/c1-2-13-23(14-6-9-17-7-4-3-5-8-17)15-12-18-10-11-19(21)20(22)16-18/h3-5,7-8,10-11,16H,2,6,9,12-15,21-22H2,1H3. The molecular formula is C20H29N3. The zero-order chi connectivity index (χ0) is 16.5. The van der Waals surface area contributed by atoms with Gasteiger partial charge in [0, 0.05) is 6.54 Å². The Bertz CT molecular complexity index is 581. The zero-order valence-corrected chi connectivity index (χ0v) is 14.2. The van der Waals surface area contributed by atoms with E-state index in [0.717, 1.165) is 32.5 Å². The van der Waals surface area contributed by atoms with Crippen LogP contribution in [0.25, 0.3) is 0 Å². The highest BCUT2D eigenvalue weighted by Gasteiger charge is 2.05. The number of nitrogens with zero attached hydrogens (tertiary/aromatic N) is 1. The molecular weight excluding hydrogens is 282 g/mol. The van der Waals surface area contributed by atoms with Crippen LogP contribution in [-0.4, -0.2) is 24.5 Å². The number of anilines is 2. The van der Waals surface area contributed by atoms with E-state index in [2.05, 4.69) is 48.2 Å². The van der Waals surface area contributed by atoms with Crippen molar-refractivity contribution in [2.45, 2.75) is 32.6 Å². The van der Waals surface area contributed by atoms with Gasteiger partial charge in [0.1, 0.15) is 0 Å². The van der Waals surface area contributed by atoms with Crippen LogP contribution in [0.5, 0.6) is 0 Å². The highest BCUT2D eigenvalue weighted by Crippen LogP contribution is 2.16. The van der Waals surface area contributed by atoms with Crippen LogP contribution in [0.3, 0.4) is 0 Å². The van der Waals surface area contributed by atoms with Crippen molar-refractivity contribution in [1.82, 2.24) is 4.90 Å². The van der Waals surface area contributed by atoms with Crippen LogP contribution in [0.2, 0.25) is 0 Å². The van der Waals surface area contributed by atoms with Gasteiger partial charge in [-0.3, -0.25) is 0 Å². The first-order valence-electron chi connectivity index (χ1n) is 8.59. The fourth-order valence-electron chi connectivity index (χ4n) is 2.87. The summed E-state index contributed by atoms with van der Waals surface area (Å²) in [6, 6.07) is 16.7. The molecule has 0 saturated carbocycles. The third-order valence-corrected chi connectivity index (χ3v) is 4.19. The second-order valence-electron chi connectivity index (χ2n) is 6.14. The van der Waals surface area contributed by atoms with Crippen LogP contribution in [0.4, 0.5) is 11.4 Å². The minimum Gasteiger partial charge on any atom is -0.397 e. The van der Waals surface area contributed by atoms with E-state index in [1.807, 2.05) is 12.1 Å². The first-order valence-corrected chi connectivity index (χ1v) is 8.59. The van der Waals surface area contributed by atoms with Gasteiger partial charge >= 0.3 is 0 Å². The maximum Gasteiger partial charge on any atom is 0.0550 e. The largest absolute Gasteiger partial charge is 0.397 e. The maximum absolute atomic E-state index is 5.89. The van der Waals surface area contributed by atoms with Crippen molar-refractivity contribution < 1.29 is 0 Å². The van der Waals surface area contributed by atoms with Crippen LogP contribution < -0.4 is 11.5 Å². The number of benzene rings is 2. The minimum atomic E-state index is 0.669. The molecule has 3 nitrogen and oxygen atoms in total. The third kappa shape index (κ3) is 5.95. The second-order valence-corrected chi connectivity index (χ2v) is 6.14. The lowest BCUT2D eigenvalue weighted by molar-refractivity contribution is 0.274. The smallest absolute Gasteiger partial charge is 0.0550 e. The molecule has 0 aromatic heterocycles. The molecule has 2 aromatic rings. The summed E-state index contributed by atoms with van der Waals surface area (Å²) in [7, 11) is 0. The first-order chi connectivity index (χ1) is 11.2.